The van der Waals surface area contributed by atoms with Crippen LogP contribution in [0.4, 0.5) is 15.8 Å². The zero-order valence-electron chi connectivity index (χ0n) is 22.7. The molecule has 208 valence electrons. The van der Waals surface area contributed by atoms with Crippen molar-refractivity contribution in [3.63, 3.8) is 0 Å². The van der Waals surface area contributed by atoms with Crippen molar-refractivity contribution in [3.05, 3.63) is 88.6 Å². The van der Waals surface area contributed by atoms with Crippen LogP contribution in [-0.4, -0.2) is 70.1 Å². The third-order valence-electron chi connectivity index (χ3n) is 7.24. The molecule has 0 atom stereocenters. The average molecular weight is 561 g/mol. The molecule has 0 unspecified atom stereocenters. The molecule has 9 heteroatoms. The second-order valence-electron chi connectivity index (χ2n) is 9.81. The first-order valence-electron chi connectivity index (χ1n) is 13.4. The molecule has 0 spiro atoms. The number of hydrogen-bond acceptors (Lipinski definition) is 6. The maximum atomic E-state index is 13.2. The highest BCUT2D eigenvalue weighted by Crippen LogP contribution is 2.42. The average Bonchev–Trinajstić information content (AvgIpc) is 2.98. The lowest BCUT2D eigenvalue weighted by atomic mass is 10.1. The molecular weight excluding hydrogens is 527 g/mol. The van der Waals surface area contributed by atoms with Gasteiger partial charge in [-0.1, -0.05) is 30.0 Å². The molecule has 0 radical (unpaired) electrons. The highest BCUT2D eigenvalue weighted by atomic mass is 32.2. The Hall–Kier alpha value is -3.82. The molecule has 3 aromatic carbocycles. The maximum absolute atomic E-state index is 13.2. The molecular formula is C31H33FN4O3S. The summed E-state index contributed by atoms with van der Waals surface area (Å²) in [5.41, 5.74) is 3.14. The van der Waals surface area contributed by atoms with E-state index in [4.69, 9.17) is 4.74 Å². The van der Waals surface area contributed by atoms with E-state index in [1.54, 1.807) is 31.2 Å². The van der Waals surface area contributed by atoms with Gasteiger partial charge in [-0.2, -0.15) is 0 Å². The quantitative estimate of drug-likeness (QED) is 0.313. The zero-order chi connectivity index (χ0) is 28.1. The molecule has 2 aliphatic heterocycles. The van der Waals surface area contributed by atoms with E-state index in [1.165, 1.54) is 23.9 Å². The number of likely N-dealkylation sites (N-methyl/N-ethyl adjacent to an activating group) is 1. The van der Waals surface area contributed by atoms with Crippen molar-refractivity contribution < 1.29 is 18.7 Å². The van der Waals surface area contributed by atoms with E-state index in [2.05, 4.69) is 15.1 Å². The third kappa shape index (κ3) is 6.32. The molecule has 2 amide bonds. The normalized spacial score (nSPS) is 16.7. The highest BCUT2D eigenvalue weighted by molar-refractivity contribution is 8.04. The smallest absolute Gasteiger partial charge is 0.264 e. The first-order chi connectivity index (χ1) is 19.4. The number of fused-ring (bicyclic) bond motifs is 1. The number of halogens is 1. The third-order valence-corrected chi connectivity index (χ3v) is 8.32. The monoisotopic (exact) mass is 560 g/mol. The molecule has 1 saturated heterocycles. The summed E-state index contributed by atoms with van der Waals surface area (Å²) in [5.74, 6) is 0.215. The molecule has 7 nitrogen and oxygen atoms in total. The standard InChI is InChI=1S/C31H33FN4O3S/c1-34-26-20-23(8-13-28(26)40-29(31(34)38)21-22-6-3-4-7-27(22)39-2)30(37)33-14-5-15-35-16-18-36(19-17-35)25-11-9-24(32)10-12-25/h3-4,6-13,20-21H,5,14-19H2,1-2H3,(H,33,37)/b29-21+. The van der Waals surface area contributed by atoms with E-state index >= 15 is 0 Å². The van der Waals surface area contributed by atoms with E-state index in [0.29, 0.717) is 22.8 Å². The fourth-order valence-electron chi connectivity index (χ4n) is 4.95. The Morgan fingerprint density at radius 2 is 1.80 bits per heavy atom. The van der Waals surface area contributed by atoms with Crippen molar-refractivity contribution in [3.8, 4) is 5.75 Å². The number of benzene rings is 3. The molecule has 0 saturated carbocycles. The zero-order valence-corrected chi connectivity index (χ0v) is 23.5. The van der Waals surface area contributed by atoms with Crippen LogP contribution in [-0.2, 0) is 4.79 Å². The number of carbonyl (C=O) groups is 2. The number of nitrogens with zero attached hydrogens (tertiary/aromatic N) is 3. The lowest BCUT2D eigenvalue weighted by molar-refractivity contribution is -0.114. The van der Waals surface area contributed by atoms with Gasteiger partial charge < -0.3 is 19.9 Å². The van der Waals surface area contributed by atoms with Crippen LogP contribution in [0.15, 0.2) is 76.5 Å². The van der Waals surface area contributed by atoms with E-state index in [9.17, 15) is 14.0 Å². The summed E-state index contributed by atoms with van der Waals surface area (Å²) in [6.45, 7) is 5.13. The topological polar surface area (TPSA) is 65.1 Å². The molecule has 2 heterocycles. The van der Waals surface area contributed by atoms with Gasteiger partial charge in [-0.05, 0) is 67.6 Å². The summed E-state index contributed by atoms with van der Waals surface area (Å²) in [6.07, 6.45) is 2.69. The number of carbonyl (C=O) groups excluding carboxylic acids is 2. The summed E-state index contributed by atoms with van der Waals surface area (Å²) in [4.78, 5) is 33.8. The minimum absolute atomic E-state index is 0.125. The molecule has 40 heavy (non-hydrogen) atoms. The van der Waals surface area contributed by atoms with Crippen LogP contribution >= 0.6 is 11.8 Å². The number of piperazine rings is 1. The number of para-hydroxylation sites is 1. The molecule has 3 aromatic rings. The van der Waals surface area contributed by atoms with Crippen LogP contribution < -0.4 is 19.9 Å². The van der Waals surface area contributed by atoms with Crippen LogP contribution in [0.5, 0.6) is 5.75 Å². The van der Waals surface area contributed by atoms with Crippen molar-refractivity contribution in [2.75, 3.05) is 63.2 Å². The molecule has 0 aliphatic carbocycles. The Balaban J connectivity index is 1.12. The fraction of sp³-hybridized carbons (Fsp3) is 0.290. The number of hydrogen-bond donors (Lipinski definition) is 1. The van der Waals surface area contributed by atoms with Crippen molar-refractivity contribution in [2.24, 2.45) is 0 Å². The Morgan fingerprint density at radius 3 is 2.55 bits per heavy atom. The van der Waals surface area contributed by atoms with Gasteiger partial charge in [0.25, 0.3) is 11.8 Å². The summed E-state index contributed by atoms with van der Waals surface area (Å²) in [5, 5.41) is 3.02. The Morgan fingerprint density at radius 1 is 1.05 bits per heavy atom. The largest absolute Gasteiger partial charge is 0.496 e. The van der Waals surface area contributed by atoms with Gasteiger partial charge >= 0.3 is 0 Å². The van der Waals surface area contributed by atoms with Crippen LogP contribution in [0.3, 0.4) is 0 Å². The lowest BCUT2D eigenvalue weighted by Crippen LogP contribution is -2.47. The Labute approximate surface area is 238 Å². The van der Waals surface area contributed by atoms with Gasteiger partial charge in [-0.3, -0.25) is 14.5 Å². The SMILES string of the molecule is COc1ccccc1/C=C1/Sc2ccc(C(=O)NCCCN3CCN(c4ccc(F)cc4)CC3)cc2N(C)C1=O. The number of anilines is 2. The van der Waals surface area contributed by atoms with Gasteiger partial charge in [0.15, 0.2) is 0 Å². The molecule has 5 rings (SSSR count). The van der Waals surface area contributed by atoms with E-state index in [1.807, 2.05) is 48.5 Å². The maximum Gasteiger partial charge on any atom is 0.264 e. The molecule has 0 bridgehead atoms. The highest BCUT2D eigenvalue weighted by Gasteiger charge is 2.27. The first-order valence-corrected chi connectivity index (χ1v) is 14.2. The lowest BCUT2D eigenvalue weighted by Gasteiger charge is -2.36. The molecule has 0 aromatic heterocycles. The van der Waals surface area contributed by atoms with Crippen molar-refractivity contribution in [1.82, 2.24) is 10.2 Å². The summed E-state index contributed by atoms with van der Waals surface area (Å²) in [7, 11) is 3.34. The minimum Gasteiger partial charge on any atom is -0.496 e. The van der Waals surface area contributed by atoms with Gasteiger partial charge in [-0.25, -0.2) is 4.39 Å². The minimum atomic E-state index is -0.217. The Bertz CT molecular complexity index is 1400. The molecule has 1 fully saturated rings. The van der Waals surface area contributed by atoms with Crippen molar-refractivity contribution >= 4 is 41.0 Å². The number of methoxy groups -OCH3 is 1. The fourth-order valence-corrected chi connectivity index (χ4v) is 6.03. The summed E-state index contributed by atoms with van der Waals surface area (Å²) in [6, 6.07) is 19.7. The van der Waals surface area contributed by atoms with Crippen LogP contribution in [0.25, 0.3) is 6.08 Å². The number of amides is 2. The van der Waals surface area contributed by atoms with E-state index in [-0.39, 0.29) is 17.6 Å². The number of thioether (sulfide) groups is 1. The van der Waals surface area contributed by atoms with Gasteiger partial charge in [-0.15, -0.1) is 0 Å². The summed E-state index contributed by atoms with van der Waals surface area (Å²) >= 11 is 1.40. The van der Waals surface area contributed by atoms with Crippen LogP contribution in [0.1, 0.15) is 22.3 Å². The van der Waals surface area contributed by atoms with Gasteiger partial charge in [0.1, 0.15) is 11.6 Å². The van der Waals surface area contributed by atoms with E-state index < -0.39 is 0 Å². The Kier molecular flexibility index (Phi) is 8.72. The number of rotatable bonds is 8. The molecule has 2 aliphatic rings. The van der Waals surface area contributed by atoms with Crippen LogP contribution in [0.2, 0.25) is 0 Å². The van der Waals surface area contributed by atoms with Crippen molar-refractivity contribution in [2.45, 2.75) is 11.3 Å². The van der Waals surface area contributed by atoms with Crippen molar-refractivity contribution in [1.29, 1.82) is 0 Å². The summed E-state index contributed by atoms with van der Waals surface area (Å²) < 4.78 is 18.6. The number of ether oxygens (including phenoxy) is 1. The van der Waals surface area contributed by atoms with Gasteiger partial charge in [0.2, 0.25) is 0 Å². The van der Waals surface area contributed by atoms with Gasteiger partial charge in [0.05, 0.1) is 17.7 Å². The van der Waals surface area contributed by atoms with Gasteiger partial charge in [0, 0.05) is 61.5 Å². The second-order valence-corrected chi connectivity index (χ2v) is 10.9. The number of nitrogens with one attached hydrogen (secondary N) is 1. The predicted octanol–water partition coefficient (Wildman–Crippen LogP) is 4.89. The van der Waals surface area contributed by atoms with E-state index in [0.717, 1.165) is 61.0 Å². The van der Waals surface area contributed by atoms with Crippen LogP contribution in [0, 0.1) is 5.82 Å². The predicted molar refractivity (Wildman–Crippen MR) is 159 cm³/mol. The molecule has 1 N–H and O–H groups in total. The first kappa shape index (κ1) is 27.7. The second kappa shape index (κ2) is 12.6.